The van der Waals surface area contributed by atoms with Gasteiger partial charge in [-0.3, -0.25) is 0 Å². The van der Waals surface area contributed by atoms with Crippen molar-refractivity contribution < 1.29 is 0 Å². The standard InChI is InChI=1S/C20H15ClN2S/c21-17-8-6-16(7-9-17)20-19(15-4-2-1-3-5-15)22-18(23-20)12-14-10-11-24-13-14/h1-11,13H,12H2,(H,22,23). The van der Waals surface area contributed by atoms with Crippen molar-refractivity contribution in [1.29, 1.82) is 0 Å². The third kappa shape index (κ3) is 3.14. The summed E-state index contributed by atoms with van der Waals surface area (Å²) >= 11 is 7.74. The van der Waals surface area contributed by atoms with E-state index >= 15 is 0 Å². The van der Waals surface area contributed by atoms with Gasteiger partial charge >= 0.3 is 0 Å². The zero-order valence-corrected chi connectivity index (χ0v) is 14.4. The minimum atomic E-state index is 0.734. The minimum Gasteiger partial charge on any atom is -0.341 e. The second-order valence-electron chi connectivity index (χ2n) is 5.59. The number of hydrogen-bond acceptors (Lipinski definition) is 2. The average Bonchev–Trinajstić information content (AvgIpc) is 3.27. The highest BCUT2D eigenvalue weighted by Crippen LogP contribution is 2.31. The molecule has 0 aliphatic rings. The van der Waals surface area contributed by atoms with Gasteiger partial charge in [-0.2, -0.15) is 11.3 Å². The quantitative estimate of drug-likeness (QED) is 0.477. The third-order valence-corrected chi connectivity index (χ3v) is 4.87. The van der Waals surface area contributed by atoms with E-state index in [2.05, 4.69) is 33.9 Å². The van der Waals surface area contributed by atoms with Gasteiger partial charge in [0.25, 0.3) is 0 Å². The molecule has 4 rings (SSSR count). The van der Waals surface area contributed by atoms with Crippen LogP contribution in [0.15, 0.2) is 71.4 Å². The van der Waals surface area contributed by atoms with E-state index in [1.54, 1.807) is 11.3 Å². The molecule has 2 aromatic carbocycles. The van der Waals surface area contributed by atoms with Crippen LogP contribution in [0.2, 0.25) is 5.02 Å². The molecule has 0 saturated carbocycles. The first-order chi connectivity index (χ1) is 11.8. The van der Waals surface area contributed by atoms with Crippen LogP contribution in [-0.2, 0) is 6.42 Å². The minimum absolute atomic E-state index is 0.734. The van der Waals surface area contributed by atoms with E-state index < -0.39 is 0 Å². The molecule has 4 aromatic rings. The van der Waals surface area contributed by atoms with E-state index in [1.807, 2.05) is 42.5 Å². The van der Waals surface area contributed by atoms with Crippen molar-refractivity contribution in [2.75, 3.05) is 0 Å². The highest BCUT2D eigenvalue weighted by molar-refractivity contribution is 7.07. The van der Waals surface area contributed by atoms with Crippen molar-refractivity contribution in [3.63, 3.8) is 0 Å². The van der Waals surface area contributed by atoms with Crippen LogP contribution >= 0.6 is 22.9 Å². The number of hydrogen-bond donors (Lipinski definition) is 1. The molecule has 24 heavy (non-hydrogen) atoms. The molecule has 0 unspecified atom stereocenters. The molecule has 0 aliphatic carbocycles. The van der Waals surface area contributed by atoms with Crippen LogP contribution in [0.4, 0.5) is 0 Å². The maximum absolute atomic E-state index is 6.03. The van der Waals surface area contributed by atoms with Crippen molar-refractivity contribution >= 4 is 22.9 Å². The Balaban J connectivity index is 1.80. The molecule has 0 radical (unpaired) electrons. The van der Waals surface area contributed by atoms with Gasteiger partial charge in [-0.25, -0.2) is 4.98 Å². The molecule has 1 N–H and O–H groups in total. The van der Waals surface area contributed by atoms with Crippen LogP contribution in [0, 0.1) is 0 Å². The van der Waals surface area contributed by atoms with Crippen LogP contribution in [0.3, 0.4) is 0 Å². The van der Waals surface area contributed by atoms with E-state index in [-0.39, 0.29) is 0 Å². The summed E-state index contributed by atoms with van der Waals surface area (Å²) in [7, 11) is 0. The van der Waals surface area contributed by atoms with Gasteiger partial charge in [0.05, 0.1) is 11.4 Å². The summed E-state index contributed by atoms with van der Waals surface area (Å²) < 4.78 is 0. The van der Waals surface area contributed by atoms with E-state index in [0.29, 0.717) is 0 Å². The molecule has 0 saturated heterocycles. The van der Waals surface area contributed by atoms with E-state index in [1.165, 1.54) is 5.56 Å². The number of thiophene rings is 1. The number of aromatic nitrogens is 2. The first-order valence-corrected chi connectivity index (χ1v) is 9.03. The van der Waals surface area contributed by atoms with Gasteiger partial charge in [-0.1, -0.05) is 54.1 Å². The number of rotatable bonds is 4. The van der Waals surface area contributed by atoms with Crippen LogP contribution in [0.1, 0.15) is 11.4 Å². The highest BCUT2D eigenvalue weighted by Gasteiger charge is 2.14. The largest absolute Gasteiger partial charge is 0.341 e. The van der Waals surface area contributed by atoms with Gasteiger partial charge in [-0.15, -0.1) is 0 Å². The lowest BCUT2D eigenvalue weighted by Crippen LogP contribution is -1.88. The number of halogens is 1. The lowest BCUT2D eigenvalue weighted by Gasteiger charge is -2.03. The average molecular weight is 351 g/mol. The highest BCUT2D eigenvalue weighted by atomic mass is 35.5. The summed E-state index contributed by atoms with van der Waals surface area (Å²) in [5, 5.41) is 4.99. The summed E-state index contributed by atoms with van der Waals surface area (Å²) in [5.74, 6) is 0.970. The fourth-order valence-electron chi connectivity index (χ4n) is 2.72. The normalized spacial score (nSPS) is 10.9. The maximum Gasteiger partial charge on any atom is 0.111 e. The Bertz CT molecular complexity index is 926. The molecule has 4 heteroatoms. The fraction of sp³-hybridized carbons (Fsp3) is 0.0500. The van der Waals surface area contributed by atoms with Crippen LogP contribution in [0.5, 0.6) is 0 Å². The Kier molecular flexibility index (Phi) is 4.20. The number of aromatic amines is 1. The SMILES string of the molecule is Clc1ccc(-c2[nH]c(Cc3ccsc3)nc2-c2ccccc2)cc1. The second-order valence-corrected chi connectivity index (χ2v) is 6.80. The fourth-order valence-corrected chi connectivity index (χ4v) is 3.52. The van der Waals surface area contributed by atoms with Crippen molar-refractivity contribution in [3.8, 4) is 22.5 Å². The van der Waals surface area contributed by atoms with Gasteiger partial charge in [-0.05, 0) is 34.5 Å². The summed E-state index contributed by atoms with van der Waals surface area (Å²) in [6.45, 7) is 0. The molecule has 0 spiro atoms. The Morgan fingerprint density at radius 3 is 2.42 bits per heavy atom. The Labute approximate surface area is 149 Å². The molecule has 0 fully saturated rings. The van der Waals surface area contributed by atoms with E-state index in [9.17, 15) is 0 Å². The van der Waals surface area contributed by atoms with Gasteiger partial charge in [0.2, 0.25) is 0 Å². The molecule has 0 atom stereocenters. The van der Waals surface area contributed by atoms with Crippen molar-refractivity contribution in [1.82, 2.24) is 9.97 Å². The molecule has 0 amide bonds. The Morgan fingerprint density at radius 1 is 0.917 bits per heavy atom. The monoisotopic (exact) mass is 350 g/mol. The first kappa shape index (κ1) is 15.2. The first-order valence-electron chi connectivity index (χ1n) is 7.71. The predicted molar refractivity (Wildman–Crippen MR) is 102 cm³/mol. The smallest absolute Gasteiger partial charge is 0.111 e. The van der Waals surface area contributed by atoms with Gasteiger partial charge < -0.3 is 4.98 Å². The van der Waals surface area contributed by atoms with Gasteiger partial charge in [0, 0.05) is 22.6 Å². The molecule has 0 aliphatic heterocycles. The zero-order chi connectivity index (χ0) is 16.4. The van der Waals surface area contributed by atoms with Gasteiger partial charge in [0.15, 0.2) is 0 Å². The third-order valence-electron chi connectivity index (χ3n) is 3.88. The second kappa shape index (κ2) is 6.63. The van der Waals surface area contributed by atoms with Crippen molar-refractivity contribution in [3.05, 3.63) is 87.8 Å². The van der Waals surface area contributed by atoms with Crippen LogP contribution in [0.25, 0.3) is 22.5 Å². The molecule has 2 aromatic heterocycles. The Morgan fingerprint density at radius 2 is 1.71 bits per heavy atom. The number of imidazole rings is 1. The van der Waals surface area contributed by atoms with E-state index in [0.717, 1.165) is 39.8 Å². The summed E-state index contributed by atoms with van der Waals surface area (Å²) in [4.78, 5) is 8.37. The lowest BCUT2D eigenvalue weighted by atomic mass is 10.1. The molecule has 0 bridgehead atoms. The molecule has 2 nitrogen and oxygen atoms in total. The maximum atomic E-state index is 6.03. The molecular formula is C20H15ClN2S. The lowest BCUT2D eigenvalue weighted by molar-refractivity contribution is 1.03. The zero-order valence-electron chi connectivity index (χ0n) is 12.9. The molecule has 2 heterocycles. The van der Waals surface area contributed by atoms with Gasteiger partial charge in [0.1, 0.15) is 5.82 Å². The topological polar surface area (TPSA) is 28.7 Å². The summed E-state index contributed by atoms with van der Waals surface area (Å²) in [5.41, 5.74) is 5.47. The molecular weight excluding hydrogens is 336 g/mol. The number of H-pyrrole nitrogens is 1. The van der Waals surface area contributed by atoms with Crippen LogP contribution < -0.4 is 0 Å². The Hall–Kier alpha value is -2.36. The predicted octanol–water partition coefficient (Wildman–Crippen LogP) is 6.05. The summed E-state index contributed by atoms with van der Waals surface area (Å²) in [6, 6.07) is 20.3. The van der Waals surface area contributed by atoms with Crippen molar-refractivity contribution in [2.45, 2.75) is 6.42 Å². The van der Waals surface area contributed by atoms with E-state index in [4.69, 9.17) is 16.6 Å². The number of nitrogens with one attached hydrogen (secondary N) is 1. The van der Waals surface area contributed by atoms with Crippen molar-refractivity contribution in [2.24, 2.45) is 0 Å². The summed E-state index contributed by atoms with van der Waals surface area (Å²) in [6.07, 6.45) is 0.803. The molecule has 118 valence electrons. The number of nitrogens with zero attached hydrogens (tertiary/aromatic N) is 1. The van der Waals surface area contributed by atoms with Crippen LogP contribution in [-0.4, -0.2) is 9.97 Å². The number of benzene rings is 2.